The van der Waals surface area contributed by atoms with Gasteiger partial charge < -0.3 is 10.5 Å². The third-order valence-corrected chi connectivity index (χ3v) is 1.72. The molecule has 1 atom stereocenters. The maximum absolute atomic E-state index is 13.0. The van der Waals surface area contributed by atoms with Crippen molar-refractivity contribution in [3.8, 4) is 5.75 Å². The van der Waals surface area contributed by atoms with Crippen LogP contribution in [-0.4, -0.2) is 12.6 Å². The van der Waals surface area contributed by atoms with Gasteiger partial charge in [-0.1, -0.05) is 0 Å². The summed E-state index contributed by atoms with van der Waals surface area (Å²) in [7, 11) is 0. The number of benzene rings is 1. The van der Waals surface area contributed by atoms with Gasteiger partial charge in [0.15, 0.2) is 17.4 Å². The van der Waals surface area contributed by atoms with Crippen LogP contribution in [0.25, 0.3) is 0 Å². The van der Waals surface area contributed by atoms with Gasteiger partial charge in [0, 0.05) is 12.6 Å². The van der Waals surface area contributed by atoms with Crippen LogP contribution in [0.1, 0.15) is 6.92 Å². The van der Waals surface area contributed by atoms with Gasteiger partial charge in [-0.05, 0) is 6.92 Å². The van der Waals surface area contributed by atoms with Gasteiger partial charge in [0.25, 0.3) is 0 Å². The molecule has 1 unspecified atom stereocenters. The number of halogens is 4. The topological polar surface area (TPSA) is 35.2 Å². The van der Waals surface area contributed by atoms with E-state index in [0.29, 0.717) is 0 Å². The Kier molecular flexibility index (Phi) is 3.52. The normalized spacial score (nSPS) is 12.7. The second-order valence-corrected chi connectivity index (χ2v) is 2.96. The Bertz CT molecular complexity index is 343. The van der Waals surface area contributed by atoms with E-state index < -0.39 is 35.1 Å². The predicted octanol–water partition coefficient (Wildman–Crippen LogP) is 1.97. The van der Waals surface area contributed by atoms with Crippen molar-refractivity contribution in [3.05, 3.63) is 29.3 Å². The Hall–Kier alpha value is -1.30. The summed E-state index contributed by atoms with van der Waals surface area (Å²) in [6, 6.07) is 0.116. The molecule has 0 spiro atoms. The van der Waals surface area contributed by atoms with Gasteiger partial charge in [0.2, 0.25) is 11.6 Å². The molecule has 84 valence electrons. The minimum absolute atomic E-state index is 0.0307. The highest BCUT2D eigenvalue weighted by Gasteiger charge is 2.21. The SMILES string of the molecule is CC(CN)Oc1c(F)c(F)cc(F)c1F. The van der Waals surface area contributed by atoms with E-state index in [9.17, 15) is 17.6 Å². The van der Waals surface area contributed by atoms with Crippen LogP contribution in [0.15, 0.2) is 6.07 Å². The van der Waals surface area contributed by atoms with Crippen molar-refractivity contribution in [3.63, 3.8) is 0 Å². The quantitative estimate of drug-likeness (QED) is 0.628. The largest absolute Gasteiger partial charge is 0.483 e. The van der Waals surface area contributed by atoms with Crippen molar-refractivity contribution in [2.75, 3.05) is 6.54 Å². The molecule has 1 aromatic rings. The zero-order valence-electron chi connectivity index (χ0n) is 7.86. The molecule has 2 N–H and O–H groups in total. The van der Waals surface area contributed by atoms with E-state index in [1.807, 2.05) is 0 Å². The molecule has 1 aromatic carbocycles. The zero-order valence-corrected chi connectivity index (χ0v) is 7.86. The zero-order chi connectivity index (χ0) is 11.6. The lowest BCUT2D eigenvalue weighted by Crippen LogP contribution is -2.24. The predicted molar refractivity (Wildman–Crippen MR) is 45.4 cm³/mol. The lowest BCUT2D eigenvalue weighted by molar-refractivity contribution is 0.202. The molecule has 2 nitrogen and oxygen atoms in total. The molecule has 1 rings (SSSR count). The molecular weight excluding hydrogens is 214 g/mol. The third-order valence-electron chi connectivity index (χ3n) is 1.72. The Balaban J connectivity index is 3.15. The third kappa shape index (κ3) is 2.38. The van der Waals surface area contributed by atoms with Crippen molar-refractivity contribution in [1.29, 1.82) is 0 Å². The Morgan fingerprint density at radius 3 is 2.07 bits per heavy atom. The number of hydrogen-bond donors (Lipinski definition) is 1. The standard InChI is InChI=1S/C9H9F4NO/c1-4(3-14)15-9-7(12)5(10)2-6(11)8(9)13/h2,4H,3,14H2,1H3. The molecule has 0 fully saturated rings. The molecule has 0 bridgehead atoms. The lowest BCUT2D eigenvalue weighted by Gasteiger charge is -2.14. The minimum atomic E-state index is -1.56. The number of ether oxygens (including phenoxy) is 1. The van der Waals surface area contributed by atoms with Gasteiger partial charge >= 0.3 is 0 Å². The molecule has 0 amide bonds. The average Bonchev–Trinajstić information content (AvgIpc) is 2.21. The van der Waals surface area contributed by atoms with Crippen LogP contribution in [-0.2, 0) is 0 Å². The van der Waals surface area contributed by atoms with Crippen LogP contribution in [0.4, 0.5) is 17.6 Å². The van der Waals surface area contributed by atoms with Crippen molar-refractivity contribution in [2.45, 2.75) is 13.0 Å². The van der Waals surface area contributed by atoms with Crippen molar-refractivity contribution in [2.24, 2.45) is 5.73 Å². The van der Waals surface area contributed by atoms with Gasteiger partial charge in [0.1, 0.15) is 6.10 Å². The molecule has 0 radical (unpaired) electrons. The maximum atomic E-state index is 13.0. The molecule has 0 saturated carbocycles. The van der Waals surface area contributed by atoms with E-state index in [-0.39, 0.29) is 12.6 Å². The first-order valence-corrected chi connectivity index (χ1v) is 4.17. The van der Waals surface area contributed by atoms with Crippen LogP contribution in [0.3, 0.4) is 0 Å². The van der Waals surface area contributed by atoms with Gasteiger partial charge in [-0.25, -0.2) is 8.78 Å². The summed E-state index contributed by atoms with van der Waals surface area (Å²) in [5.74, 6) is -7.21. The van der Waals surface area contributed by atoms with Gasteiger partial charge in [0.05, 0.1) is 0 Å². The van der Waals surface area contributed by atoms with Crippen LogP contribution in [0, 0.1) is 23.3 Å². The Labute approximate surface area is 83.6 Å². The van der Waals surface area contributed by atoms with E-state index in [2.05, 4.69) is 4.74 Å². The van der Waals surface area contributed by atoms with E-state index in [0.717, 1.165) is 0 Å². The smallest absolute Gasteiger partial charge is 0.203 e. The van der Waals surface area contributed by atoms with Crippen LogP contribution >= 0.6 is 0 Å². The summed E-state index contributed by atoms with van der Waals surface area (Å²) >= 11 is 0. The summed E-state index contributed by atoms with van der Waals surface area (Å²) in [6.07, 6.45) is -0.741. The first kappa shape index (κ1) is 11.8. The molecule has 0 saturated heterocycles. The van der Waals surface area contributed by atoms with E-state index in [1.54, 1.807) is 0 Å². The maximum Gasteiger partial charge on any atom is 0.203 e. The number of nitrogens with two attached hydrogens (primary N) is 1. The summed E-state index contributed by atoms with van der Waals surface area (Å²) in [5, 5.41) is 0. The minimum Gasteiger partial charge on any atom is -0.483 e. The highest BCUT2D eigenvalue weighted by molar-refractivity contribution is 5.28. The molecular formula is C9H9F4NO. The highest BCUT2D eigenvalue weighted by Crippen LogP contribution is 2.27. The fraction of sp³-hybridized carbons (Fsp3) is 0.333. The molecule has 0 heterocycles. The second kappa shape index (κ2) is 4.48. The summed E-state index contributed by atoms with van der Waals surface area (Å²) in [6.45, 7) is 1.39. The monoisotopic (exact) mass is 223 g/mol. The fourth-order valence-corrected chi connectivity index (χ4v) is 0.904. The number of hydrogen-bond acceptors (Lipinski definition) is 2. The first-order valence-electron chi connectivity index (χ1n) is 4.17. The molecule has 6 heteroatoms. The molecule has 0 aliphatic heterocycles. The molecule has 0 aliphatic rings. The van der Waals surface area contributed by atoms with E-state index in [4.69, 9.17) is 5.73 Å². The fourth-order valence-electron chi connectivity index (χ4n) is 0.904. The number of rotatable bonds is 3. The summed E-state index contributed by atoms with van der Waals surface area (Å²) < 4.78 is 56.0. The molecule has 0 aliphatic carbocycles. The Morgan fingerprint density at radius 2 is 1.67 bits per heavy atom. The van der Waals surface area contributed by atoms with Crippen LogP contribution in [0.2, 0.25) is 0 Å². The summed E-state index contributed by atoms with van der Waals surface area (Å²) in [5.41, 5.74) is 5.14. The highest BCUT2D eigenvalue weighted by atomic mass is 19.2. The van der Waals surface area contributed by atoms with Crippen LogP contribution in [0.5, 0.6) is 5.75 Å². The van der Waals surface area contributed by atoms with Gasteiger partial charge in [-0.2, -0.15) is 8.78 Å². The Morgan fingerprint density at radius 1 is 1.20 bits per heavy atom. The first-order chi connectivity index (χ1) is 6.97. The van der Waals surface area contributed by atoms with E-state index >= 15 is 0 Å². The molecule has 15 heavy (non-hydrogen) atoms. The van der Waals surface area contributed by atoms with E-state index in [1.165, 1.54) is 6.92 Å². The van der Waals surface area contributed by atoms with Gasteiger partial charge in [-0.15, -0.1) is 0 Å². The van der Waals surface area contributed by atoms with Crippen molar-refractivity contribution < 1.29 is 22.3 Å². The lowest BCUT2D eigenvalue weighted by atomic mass is 10.3. The van der Waals surface area contributed by atoms with Gasteiger partial charge in [-0.3, -0.25) is 0 Å². The summed E-state index contributed by atoms with van der Waals surface area (Å²) in [4.78, 5) is 0. The van der Waals surface area contributed by atoms with Crippen molar-refractivity contribution >= 4 is 0 Å². The van der Waals surface area contributed by atoms with Crippen molar-refractivity contribution in [1.82, 2.24) is 0 Å². The average molecular weight is 223 g/mol. The second-order valence-electron chi connectivity index (χ2n) is 2.96. The molecule has 0 aromatic heterocycles. The van der Waals surface area contributed by atoms with Crippen LogP contribution < -0.4 is 10.5 Å².